The van der Waals surface area contributed by atoms with Gasteiger partial charge in [-0.1, -0.05) is 18.5 Å². The lowest BCUT2D eigenvalue weighted by atomic mass is 10.0. The van der Waals surface area contributed by atoms with Crippen molar-refractivity contribution in [2.24, 2.45) is 0 Å². The Bertz CT molecular complexity index is 541. The molecular formula is C12H18ClNO4S. The molecule has 7 heteroatoms. The van der Waals surface area contributed by atoms with Gasteiger partial charge in [0.25, 0.3) is 0 Å². The van der Waals surface area contributed by atoms with Crippen molar-refractivity contribution in [3.8, 4) is 5.75 Å². The van der Waals surface area contributed by atoms with Gasteiger partial charge in [-0.25, -0.2) is 13.1 Å². The van der Waals surface area contributed by atoms with E-state index in [9.17, 15) is 13.5 Å². The number of ether oxygens (including phenoxy) is 1. The molecule has 0 spiro atoms. The van der Waals surface area contributed by atoms with Crippen molar-refractivity contribution in [1.29, 1.82) is 0 Å². The van der Waals surface area contributed by atoms with Crippen LogP contribution in [0.2, 0.25) is 5.02 Å². The molecule has 1 rings (SSSR count). The van der Waals surface area contributed by atoms with Crippen molar-refractivity contribution in [3.05, 3.63) is 23.2 Å². The highest BCUT2D eigenvalue weighted by Crippen LogP contribution is 2.28. The zero-order valence-corrected chi connectivity index (χ0v) is 12.7. The molecule has 0 amide bonds. The van der Waals surface area contributed by atoms with Crippen LogP contribution in [0.25, 0.3) is 0 Å². The summed E-state index contributed by atoms with van der Waals surface area (Å²) in [5.41, 5.74) is -0.913. The van der Waals surface area contributed by atoms with E-state index in [1.54, 1.807) is 13.8 Å². The second kappa shape index (κ2) is 6.09. The molecule has 0 aliphatic carbocycles. The monoisotopic (exact) mass is 307 g/mol. The third-order valence-corrected chi connectivity index (χ3v) is 4.84. The van der Waals surface area contributed by atoms with E-state index < -0.39 is 15.6 Å². The maximum atomic E-state index is 12.3. The summed E-state index contributed by atoms with van der Waals surface area (Å²) >= 11 is 5.80. The lowest BCUT2D eigenvalue weighted by molar-refractivity contribution is 0.191. The Kier molecular flexibility index (Phi) is 5.20. The van der Waals surface area contributed by atoms with E-state index in [0.717, 1.165) is 0 Å². The summed E-state index contributed by atoms with van der Waals surface area (Å²) in [5.74, 6) is 0.163. The quantitative estimate of drug-likeness (QED) is 0.840. The molecule has 1 aromatic rings. The highest BCUT2D eigenvalue weighted by Gasteiger charge is 2.30. The largest absolute Gasteiger partial charge is 0.495 e. The second-order valence-electron chi connectivity index (χ2n) is 4.47. The van der Waals surface area contributed by atoms with Crippen LogP contribution in [0.1, 0.15) is 20.3 Å². The van der Waals surface area contributed by atoms with Crippen LogP contribution in [0.15, 0.2) is 23.1 Å². The van der Waals surface area contributed by atoms with Gasteiger partial charge in [0.1, 0.15) is 10.6 Å². The Hall–Kier alpha value is -0.820. The number of halogens is 1. The van der Waals surface area contributed by atoms with E-state index in [0.29, 0.717) is 11.4 Å². The van der Waals surface area contributed by atoms with Crippen molar-refractivity contribution in [1.82, 2.24) is 4.72 Å². The van der Waals surface area contributed by atoms with Gasteiger partial charge in [-0.05, 0) is 25.5 Å². The molecule has 0 aliphatic heterocycles. The Morgan fingerprint density at radius 3 is 2.58 bits per heavy atom. The predicted octanol–water partition coefficient (Wildman–Crippen LogP) is 1.79. The molecule has 0 aromatic heterocycles. The van der Waals surface area contributed by atoms with Gasteiger partial charge in [0.15, 0.2) is 0 Å². The summed E-state index contributed by atoms with van der Waals surface area (Å²) in [6, 6.07) is 4.27. The summed E-state index contributed by atoms with van der Waals surface area (Å²) < 4.78 is 32.1. The molecule has 5 nitrogen and oxygen atoms in total. The van der Waals surface area contributed by atoms with Gasteiger partial charge in [0.05, 0.1) is 19.3 Å². The van der Waals surface area contributed by atoms with Crippen LogP contribution in [0.4, 0.5) is 0 Å². The van der Waals surface area contributed by atoms with Gasteiger partial charge in [-0.15, -0.1) is 0 Å². The van der Waals surface area contributed by atoms with Crippen molar-refractivity contribution < 1.29 is 18.3 Å². The number of aliphatic hydroxyl groups is 1. The first-order valence-corrected chi connectivity index (χ1v) is 7.62. The van der Waals surface area contributed by atoms with E-state index in [1.807, 2.05) is 0 Å². The van der Waals surface area contributed by atoms with E-state index in [2.05, 4.69) is 4.72 Å². The zero-order chi connectivity index (χ0) is 14.7. The van der Waals surface area contributed by atoms with Crippen molar-refractivity contribution in [2.45, 2.75) is 30.7 Å². The average molecular weight is 308 g/mol. The Labute approximate surface area is 118 Å². The highest BCUT2D eigenvalue weighted by atomic mass is 35.5. The summed E-state index contributed by atoms with van der Waals surface area (Å²) in [7, 11) is -2.42. The first-order chi connectivity index (χ1) is 8.78. The van der Waals surface area contributed by atoms with Gasteiger partial charge in [0, 0.05) is 11.1 Å². The Morgan fingerprint density at radius 1 is 1.47 bits per heavy atom. The summed E-state index contributed by atoms with van der Waals surface area (Å²) in [6.45, 7) is 3.13. The Morgan fingerprint density at radius 2 is 2.11 bits per heavy atom. The molecular weight excluding hydrogens is 290 g/mol. The van der Waals surface area contributed by atoms with Crippen LogP contribution >= 0.6 is 11.6 Å². The second-order valence-corrected chi connectivity index (χ2v) is 6.56. The molecule has 1 unspecified atom stereocenters. The summed E-state index contributed by atoms with van der Waals surface area (Å²) in [5, 5.41) is 9.67. The SMILES string of the molecule is CCC(C)(CO)NS(=O)(=O)c1ccc(Cl)cc1OC. The van der Waals surface area contributed by atoms with Crippen LogP contribution in [-0.4, -0.2) is 32.8 Å². The topological polar surface area (TPSA) is 75.6 Å². The molecule has 108 valence electrons. The van der Waals surface area contributed by atoms with Crippen LogP contribution < -0.4 is 9.46 Å². The molecule has 1 aromatic carbocycles. The van der Waals surface area contributed by atoms with Crippen LogP contribution in [-0.2, 0) is 10.0 Å². The molecule has 0 fully saturated rings. The number of hydrogen-bond acceptors (Lipinski definition) is 4. The van der Waals surface area contributed by atoms with Crippen molar-refractivity contribution in [3.63, 3.8) is 0 Å². The lowest BCUT2D eigenvalue weighted by Crippen LogP contribution is -2.48. The van der Waals surface area contributed by atoms with E-state index in [1.165, 1.54) is 25.3 Å². The fourth-order valence-electron chi connectivity index (χ4n) is 1.46. The number of aliphatic hydroxyl groups excluding tert-OH is 1. The highest BCUT2D eigenvalue weighted by molar-refractivity contribution is 7.89. The van der Waals surface area contributed by atoms with Gasteiger partial charge < -0.3 is 9.84 Å². The standard InChI is InChI=1S/C12H18ClNO4S/c1-4-12(2,8-15)14-19(16,17)11-6-5-9(13)7-10(11)18-3/h5-7,14-15H,4,8H2,1-3H3. The average Bonchev–Trinajstić information content (AvgIpc) is 2.37. The van der Waals surface area contributed by atoms with E-state index in [-0.39, 0.29) is 17.3 Å². The fraction of sp³-hybridized carbons (Fsp3) is 0.500. The number of hydrogen-bond donors (Lipinski definition) is 2. The normalized spacial score (nSPS) is 15.0. The zero-order valence-electron chi connectivity index (χ0n) is 11.1. The molecule has 0 radical (unpaired) electrons. The first kappa shape index (κ1) is 16.2. The van der Waals surface area contributed by atoms with E-state index in [4.69, 9.17) is 16.3 Å². The number of methoxy groups -OCH3 is 1. The predicted molar refractivity (Wildman–Crippen MR) is 74.1 cm³/mol. The maximum Gasteiger partial charge on any atom is 0.244 e. The van der Waals surface area contributed by atoms with Gasteiger partial charge in [-0.3, -0.25) is 0 Å². The summed E-state index contributed by atoms with van der Waals surface area (Å²) in [4.78, 5) is -0.00692. The number of nitrogens with one attached hydrogen (secondary N) is 1. The molecule has 0 saturated carbocycles. The molecule has 0 aliphatic rings. The molecule has 0 bridgehead atoms. The third kappa shape index (κ3) is 3.82. The smallest absolute Gasteiger partial charge is 0.244 e. The lowest BCUT2D eigenvalue weighted by Gasteiger charge is -2.27. The van der Waals surface area contributed by atoms with Gasteiger partial charge >= 0.3 is 0 Å². The third-order valence-electron chi connectivity index (χ3n) is 2.93. The molecule has 19 heavy (non-hydrogen) atoms. The minimum Gasteiger partial charge on any atom is -0.495 e. The molecule has 1 atom stereocenters. The van der Waals surface area contributed by atoms with E-state index >= 15 is 0 Å². The summed E-state index contributed by atoms with van der Waals surface area (Å²) in [6.07, 6.45) is 0.457. The molecule has 2 N–H and O–H groups in total. The maximum absolute atomic E-state index is 12.3. The van der Waals surface area contributed by atoms with Crippen molar-refractivity contribution in [2.75, 3.05) is 13.7 Å². The van der Waals surface area contributed by atoms with Crippen LogP contribution in [0.3, 0.4) is 0 Å². The van der Waals surface area contributed by atoms with Crippen LogP contribution in [0, 0.1) is 0 Å². The number of benzene rings is 1. The van der Waals surface area contributed by atoms with Gasteiger partial charge in [-0.2, -0.15) is 0 Å². The minimum absolute atomic E-state index is 0.00692. The van der Waals surface area contributed by atoms with Crippen LogP contribution in [0.5, 0.6) is 5.75 Å². The fourth-order valence-corrected chi connectivity index (χ4v) is 3.24. The molecule has 0 heterocycles. The number of sulfonamides is 1. The van der Waals surface area contributed by atoms with Crippen molar-refractivity contribution >= 4 is 21.6 Å². The Balaban J connectivity index is 3.21. The number of rotatable bonds is 6. The van der Waals surface area contributed by atoms with Gasteiger partial charge in [0.2, 0.25) is 10.0 Å². The molecule has 0 saturated heterocycles. The minimum atomic E-state index is -3.80. The first-order valence-electron chi connectivity index (χ1n) is 5.76.